The molecule has 1 aliphatic rings. The number of carbonyl (C=O) groups excluding carboxylic acids is 1. The van der Waals surface area contributed by atoms with E-state index >= 15 is 0 Å². The molecule has 1 aromatic carbocycles. The molecule has 0 saturated heterocycles. The Kier molecular flexibility index (Phi) is 2.96. The average Bonchev–Trinajstić information content (AvgIpc) is 2.80. The molecule has 86 valence electrons. The molecular formula is C15H14O2. The van der Waals surface area contributed by atoms with E-state index in [4.69, 9.17) is 4.74 Å². The van der Waals surface area contributed by atoms with Crippen LogP contribution in [-0.4, -0.2) is 5.97 Å². The Balaban J connectivity index is 2.35. The van der Waals surface area contributed by atoms with Gasteiger partial charge in [0.2, 0.25) is 0 Å². The molecule has 2 heteroatoms. The Labute approximate surface area is 101 Å². The van der Waals surface area contributed by atoms with Crippen molar-refractivity contribution in [2.45, 2.75) is 12.5 Å². The summed E-state index contributed by atoms with van der Waals surface area (Å²) >= 11 is 0. The monoisotopic (exact) mass is 226 g/mol. The van der Waals surface area contributed by atoms with Crippen molar-refractivity contribution in [3.05, 3.63) is 72.4 Å². The largest absolute Gasteiger partial charge is 0.442 e. The number of ether oxygens (including phenoxy) is 1. The van der Waals surface area contributed by atoms with Gasteiger partial charge in [0.15, 0.2) is 5.60 Å². The van der Waals surface area contributed by atoms with Crippen LogP contribution in [0, 0.1) is 0 Å². The first-order chi connectivity index (χ1) is 8.14. The zero-order valence-corrected chi connectivity index (χ0v) is 9.72. The highest BCUT2D eigenvalue weighted by atomic mass is 16.6. The molecule has 0 aromatic heterocycles. The fourth-order valence-corrected chi connectivity index (χ4v) is 1.71. The molecule has 0 heterocycles. The number of rotatable bonds is 3. The van der Waals surface area contributed by atoms with Crippen LogP contribution in [-0.2, 0) is 15.1 Å². The zero-order chi connectivity index (χ0) is 12.3. The predicted molar refractivity (Wildman–Crippen MR) is 67.3 cm³/mol. The Hall–Kier alpha value is -2.09. The van der Waals surface area contributed by atoms with Crippen molar-refractivity contribution in [2.24, 2.45) is 0 Å². The van der Waals surface area contributed by atoms with E-state index in [1.807, 2.05) is 54.6 Å². The minimum absolute atomic E-state index is 0.384. The highest BCUT2D eigenvalue weighted by molar-refractivity contribution is 5.87. The summed E-state index contributed by atoms with van der Waals surface area (Å²) in [5.41, 5.74) is 0.547. The third-order valence-corrected chi connectivity index (χ3v) is 2.63. The molecule has 0 bridgehead atoms. The van der Waals surface area contributed by atoms with Crippen LogP contribution in [0.1, 0.15) is 12.5 Å². The van der Waals surface area contributed by atoms with E-state index in [1.54, 1.807) is 6.92 Å². The second kappa shape index (κ2) is 4.42. The molecule has 0 spiro atoms. The Morgan fingerprint density at radius 3 is 2.29 bits per heavy atom. The van der Waals surface area contributed by atoms with E-state index in [9.17, 15) is 4.79 Å². The van der Waals surface area contributed by atoms with Crippen LogP contribution in [0.25, 0.3) is 0 Å². The maximum atomic E-state index is 11.7. The van der Waals surface area contributed by atoms with Crippen LogP contribution in [0.15, 0.2) is 66.8 Å². The minimum Gasteiger partial charge on any atom is -0.442 e. The van der Waals surface area contributed by atoms with Gasteiger partial charge in [-0.15, -0.1) is 0 Å². The molecule has 0 saturated carbocycles. The molecule has 2 nitrogen and oxygen atoms in total. The average molecular weight is 226 g/mol. The molecule has 0 atom stereocenters. The molecule has 0 amide bonds. The molecule has 2 rings (SSSR count). The van der Waals surface area contributed by atoms with Gasteiger partial charge in [-0.25, -0.2) is 4.79 Å². The summed E-state index contributed by atoms with van der Waals surface area (Å²) in [7, 11) is 0. The normalized spacial score (nSPS) is 15.8. The van der Waals surface area contributed by atoms with E-state index in [2.05, 4.69) is 6.58 Å². The minimum atomic E-state index is -0.780. The summed E-state index contributed by atoms with van der Waals surface area (Å²) in [4.78, 5) is 11.7. The summed E-state index contributed by atoms with van der Waals surface area (Å²) in [6.07, 6.45) is 7.48. The van der Waals surface area contributed by atoms with Crippen LogP contribution in [0.5, 0.6) is 0 Å². The molecule has 0 radical (unpaired) electrons. The van der Waals surface area contributed by atoms with Gasteiger partial charge in [-0.1, -0.05) is 49.1 Å². The van der Waals surface area contributed by atoms with Gasteiger partial charge in [0, 0.05) is 11.1 Å². The van der Waals surface area contributed by atoms with Crippen LogP contribution >= 0.6 is 0 Å². The van der Waals surface area contributed by atoms with E-state index in [0.717, 1.165) is 5.56 Å². The van der Waals surface area contributed by atoms with Crippen LogP contribution in [0.2, 0.25) is 0 Å². The molecule has 0 N–H and O–H groups in total. The summed E-state index contributed by atoms with van der Waals surface area (Å²) in [5.74, 6) is -0.384. The standard InChI is InChI=1S/C15H14O2/c1-12(2)14(16)17-15(10-6-7-11-15)13-8-4-3-5-9-13/h3-11H,1H2,2H3. The van der Waals surface area contributed by atoms with Gasteiger partial charge >= 0.3 is 5.97 Å². The van der Waals surface area contributed by atoms with Gasteiger partial charge in [-0.3, -0.25) is 0 Å². The van der Waals surface area contributed by atoms with Gasteiger partial charge in [0.25, 0.3) is 0 Å². The van der Waals surface area contributed by atoms with Gasteiger partial charge < -0.3 is 4.74 Å². The molecule has 17 heavy (non-hydrogen) atoms. The predicted octanol–water partition coefficient (Wildman–Crippen LogP) is 3.13. The maximum absolute atomic E-state index is 11.7. The van der Waals surface area contributed by atoms with Crippen LogP contribution in [0.4, 0.5) is 0 Å². The third kappa shape index (κ3) is 2.21. The highest BCUT2D eigenvalue weighted by Crippen LogP contribution is 2.33. The molecule has 0 fully saturated rings. The van der Waals surface area contributed by atoms with E-state index in [1.165, 1.54) is 0 Å². The van der Waals surface area contributed by atoms with Gasteiger partial charge in [0.1, 0.15) is 0 Å². The third-order valence-electron chi connectivity index (χ3n) is 2.63. The smallest absolute Gasteiger partial charge is 0.334 e. The Bertz CT molecular complexity index is 483. The lowest BCUT2D eigenvalue weighted by molar-refractivity contribution is -0.147. The summed E-state index contributed by atoms with van der Waals surface area (Å²) in [6.45, 7) is 5.24. The second-order valence-electron chi connectivity index (χ2n) is 4.05. The van der Waals surface area contributed by atoms with Crippen LogP contribution in [0.3, 0.4) is 0 Å². The Morgan fingerprint density at radius 1 is 1.18 bits per heavy atom. The lowest BCUT2D eigenvalue weighted by Gasteiger charge is -2.26. The van der Waals surface area contributed by atoms with E-state index in [0.29, 0.717) is 5.57 Å². The van der Waals surface area contributed by atoms with Gasteiger partial charge in [0.05, 0.1) is 0 Å². The van der Waals surface area contributed by atoms with Gasteiger partial charge in [-0.05, 0) is 19.1 Å². The number of allylic oxidation sites excluding steroid dienone is 2. The fraction of sp³-hybridized carbons (Fsp3) is 0.133. The fourth-order valence-electron chi connectivity index (χ4n) is 1.71. The lowest BCUT2D eigenvalue weighted by Crippen LogP contribution is -2.27. The quantitative estimate of drug-likeness (QED) is 0.584. The van der Waals surface area contributed by atoms with Gasteiger partial charge in [-0.2, -0.15) is 0 Å². The molecule has 0 aliphatic heterocycles. The number of carbonyl (C=O) groups is 1. The van der Waals surface area contributed by atoms with Crippen molar-refractivity contribution < 1.29 is 9.53 Å². The number of benzene rings is 1. The van der Waals surface area contributed by atoms with Crippen molar-refractivity contribution in [1.29, 1.82) is 0 Å². The molecular weight excluding hydrogens is 212 g/mol. The van der Waals surface area contributed by atoms with Crippen molar-refractivity contribution in [2.75, 3.05) is 0 Å². The lowest BCUT2D eigenvalue weighted by atomic mass is 9.95. The van der Waals surface area contributed by atoms with Crippen molar-refractivity contribution in [1.82, 2.24) is 0 Å². The zero-order valence-electron chi connectivity index (χ0n) is 9.72. The molecule has 1 aromatic rings. The SMILES string of the molecule is C=C(C)C(=O)OC1(c2ccccc2)C=CC=C1. The number of hydrogen-bond acceptors (Lipinski definition) is 2. The number of esters is 1. The first kappa shape index (κ1) is 11.4. The number of hydrogen-bond donors (Lipinski definition) is 0. The summed E-state index contributed by atoms with van der Waals surface area (Å²) in [5, 5.41) is 0. The van der Waals surface area contributed by atoms with Crippen molar-refractivity contribution >= 4 is 5.97 Å². The molecule has 0 unspecified atom stereocenters. The maximum Gasteiger partial charge on any atom is 0.334 e. The van der Waals surface area contributed by atoms with E-state index in [-0.39, 0.29) is 5.97 Å². The first-order valence-electron chi connectivity index (χ1n) is 5.45. The highest BCUT2D eigenvalue weighted by Gasteiger charge is 2.32. The Morgan fingerprint density at radius 2 is 1.76 bits per heavy atom. The van der Waals surface area contributed by atoms with Crippen molar-refractivity contribution in [3.63, 3.8) is 0 Å². The topological polar surface area (TPSA) is 26.3 Å². The second-order valence-corrected chi connectivity index (χ2v) is 4.05. The first-order valence-corrected chi connectivity index (χ1v) is 5.45. The van der Waals surface area contributed by atoms with Crippen molar-refractivity contribution in [3.8, 4) is 0 Å². The van der Waals surface area contributed by atoms with Crippen LogP contribution < -0.4 is 0 Å². The summed E-state index contributed by atoms with van der Waals surface area (Å²) < 4.78 is 5.53. The molecule has 1 aliphatic carbocycles. The van der Waals surface area contributed by atoms with E-state index < -0.39 is 5.60 Å². The summed E-state index contributed by atoms with van der Waals surface area (Å²) in [6, 6.07) is 9.65.